The van der Waals surface area contributed by atoms with Gasteiger partial charge in [-0.3, -0.25) is 9.69 Å². The molecule has 174 valence electrons. The van der Waals surface area contributed by atoms with Gasteiger partial charge in [0.05, 0.1) is 19.3 Å². The van der Waals surface area contributed by atoms with Gasteiger partial charge in [-0.15, -0.1) is 0 Å². The second kappa shape index (κ2) is 9.82. The summed E-state index contributed by atoms with van der Waals surface area (Å²) in [5, 5.41) is 4.10. The van der Waals surface area contributed by atoms with Gasteiger partial charge in [0.1, 0.15) is 0 Å². The second-order valence-corrected chi connectivity index (χ2v) is 8.55. The number of para-hydroxylation sites is 1. The van der Waals surface area contributed by atoms with Gasteiger partial charge in [-0.25, -0.2) is 0 Å². The third kappa shape index (κ3) is 4.98. The number of nitrogens with two attached hydrogens (primary N) is 1. The molecule has 0 saturated carbocycles. The fourth-order valence-corrected chi connectivity index (χ4v) is 4.50. The Bertz CT molecular complexity index is 1120. The Hall–Kier alpha value is -3.07. The van der Waals surface area contributed by atoms with E-state index in [4.69, 9.17) is 19.9 Å². The molecule has 33 heavy (non-hydrogen) atoms. The molecule has 1 fully saturated rings. The van der Waals surface area contributed by atoms with Gasteiger partial charge >= 0.3 is 0 Å². The van der Waals surface area contributed by atoms with Crippen LogP contribution in [0.1, 0.15) is 16.8 Å². The molecule has 1 saturated heterocycles. The Kier molecular flexibility index (Phi) is 6.48. The van der Waals surface area contributed by atoms with Crippen LogP contribution in [0.5, 0.6) is 11.5 Å². The Morgan fingerprint density at radius 3 is 2.82 bits per heavy atom. The molecule has 1 aromatic heterocycles. The van der Waals surface area contributed by atoms with Crippen LogP contribution in [0.3, 0.4) is 0 Å². The smallest absolute Gasteiger partial charge is 0.237 e. The molecule has 0 spiro atoms. The van der Waals surface area contributed by atoms with Gasteiger partial charge in [0, 0.05) is 49.2 Å². The molecule has 0 aliphatic carbocycles. The van der Waals surface area contributed by atoms with Crippen molar-refractivity contribution in [2.45, 2.75) is 18.9 Å². The lowest BCUT2D eigenvalue weighted by Crippen LogP contribution is -2.46. The number of amides is 1. The van der Waals surface area contributed by atoms with E-state index in [1.54, 1.807) is 0 Å². The normalized spacial score (nSPS) is 16.8. The maximum absolute atomic E-state index is 12.7. The molecule has 2 aliphatic rings. The zero-order valence-corrected chi connectivity index (χ0v) is 18.6. The van der Waals surface area contributed by atoms with E-state index in [9.17, 15) is 4.79 Å². The number of ether oxygens (including phenoxy) is 3. The van der Waals surface area contributed by atoms with E-state index < -0.39 is 6.04 Å². The minimum absolute atomic E-state index is 0.123. The van der Waals surface area contributed by atoms with Crippen LogP contribution in [0.2, 0.25) is 0 Å². The zero-order valence-electron chi connectivity index (χ0n) is 18.6. The number of hydrogen-bond acceptors (Lipinski definition) is 6. The van der Waals surface area contributed by atoms with E-state index >= 15 is 0 Å². The lowest BCUT2D eigenvalue weighted by molar-refractivity contribution is -0.122. The molecule has 3 aromatic rings. The van der Waals surface area contributed by atoms with Crippen molar-refractivity contribution in [1.29, 1.82) is 0 Å². The number of carbonyl (C=O) groups excluding carboxylic acids is 1. The van der Waals surface area contributed by atoms with Crippen LogP contribution in [0.25, 0.3) is 10.9 Å². The number of H-pyrrole nitrogens is 1. The summed E-state index contributed by atoms with van der Waals surface area (Å²) in [5.74, 6) is 1.41. The topological polar surface area (TPSA) is 102 Å². The second-order valence-electron chi connectivity index (χ2n) is 8.55. The fraction of sp³-hybridized carbons (Fsp3) is 0.400. The number of aromatic nitrogens is 1. The molecular weight excluding hydrogens is 420 g/mol. The first kappa shape index (κ1) is 21.8. The lowest BCUT2D eigenvalue weighted by Gasteiger charge is -2.26. The minimum atomic E-state index is -0.621. The van der Waals surface area contributed by atoms with E-state index in [2.05, 4.69) is 27.3 Å². The predicted molar refractivity (Wildman–Crippen MR) is 126 cm³/mol. The Labute approximate surface area is 193 Å². The molecule has 5 rings (SSSR count). The number of rotatable bonds is 8. The van der Waals surface area contributed by atoms with Gasteiger partial charge in [-0.05, 0) is 35.7 Å². The average Bonchev–Trinajstić information content (AvgIpc) is 3.44. The van der Waals surface area contributed by atoms with Gasteiger partial charge in [0.25, 0.3) is 0 Å². The fourth-order valence-electron chi connectivity index (χ4n) is 4.50. The maximum Gasteiger partial charge on any atom is 0.237 e. The van der Waals surface area contributed by atoms with Crippen molar-refractivity contribution >= 4 is 16.8 Å². The third-order valence-electron chi connectivity index (χ3n) is 6.31. The summed E-state index contributed by atoms with van der Waals surface area (Å²) in [5.41, 5.74) is 10.7. The predicted octanol–water partition coefficient (Wildman–Crippen LogP) is 1.81. The van der Waals surface area contributed by atoms with Crippen LogP contribution in [-0.2, 0) is 22.4 Å². The summed E-state index contributed by atoms with van der Waals surface area (Å²) < 4.78 is 16.3. The number of morpholine rings is 1. The number of nitrogens with zero attached hydrogens (tertiary/aromatic N) is 1. The van der Waals surface area contributed by atoms with Crippen LogP contribution in [0, 0.1) is 0 Å². The van der Waals surface area contributed by atoms with E-state index in [-0.39, 0.29) is 12.7 Å². The van der Waals surface area contributed by atoms with Crippen molar-refractivity contribution in [2.24, 2.45) is 5.73 Å². The van der Waals surface area contributed by atoms with E-state index in [0.717, 1.165) is 72.1 Å². The molecule has 8 nitrogen and oxygen atoms in total. The summed E-state index contributed by atoms with van der Waals surface area (Å²) in [7, 11) is 0. The van der Waals surface area contributed by atoms with Crippen LogP contribution in [-0.4, -0.2) is 68.0 Å². The van der Waals surface area contributed by atoms with Gasteiger partial charge < -0.3 is 30.2 Å². The lowest BCUT2D eigenvalue weighted by atomic mass is 9.98. The summed E-state index contributed by atoms with van der Waals surface area (Å²) >= 11 is 0. The molecule has 1 atom stereocenters. The van der Waals surface area contributed by atoms with E-state index in [1.807, 2.05) is 30.3 Å². The maximum atomic E-state index is 12.7. The molecule has 3 heterocycles. The quantitative estimate of drug-likeness (QED) is 0.484. The number of hydrogen-bond donors (Lipinski definition) is 3. The Balaban J connectivity index is 1.28. The largest absolute Gasteiger partial charge is 0.454 e. The zero-order chi connectivity index (χ0) is 22.6. The molecule has 4 N–H and O–H groups in total. The first-order valence-corrected chi connectivity index (χ1v) is 11.5. The van der Waals surface area contributed by atoms with Crippen molar-refractivity contribution < 1.29 is 19.0 Å². The number of benzene rings is 2. The molecule has 0 bridgehead atoms. The Morgan fingerprint density at radius 1 is 1.12 bits per heavy atom. The summed E-state index contributed by atoms with van der Waals surface area (Å²) in [4.78, 5) is 18.5. The molecule has 1 amide bonds. The van der Waals surface area contributed by atoms with Crippen LogP contribution in [0.15, 0.2) is 42.5 Å². The summed E-state index contributed by atoms with van der Waals surface area (Å²) in [6.45, 7) is 4.96. The Morgan fingerprint density at radius 2 is 1.94 bits per heavy atom. The van der Waals surface area contributed by atoms with Crippen LogP contribution < -0.4 is 20.5 Å². The van der Waals surface area contributed by atoms with Gasteiger partial charge in [0.15, 0.2) is 11.5 Å². The first-order chi connectivity index (χ1) is 16.2. The van der Waals surface area contributed by atoms with Crippen molar-refractivity contribution in [3.05, 3.63) is 59.3 Å². The van der Waals surface area contributed by atoms with Crippen LogP contribution >= 0.6 is 0 Å². The van der Waals surface area contributed by atoms with E-state index in [0.29, 0.717) is 19.4 Å². The monoisotopic (exact) mass is 450 g/mol. The number of fused-ring (bicyclic) bond motifs is 2. The van der Waals surface area contributed by atoms with Crippen LogP contribution in [0.4, 0.5) is 0 Å². The molecular formula is C25H30N4O4. The van der Waals surface area contributed by atoms with Gasteiger partial charge in [0.2, 0.25) is 12.7 Å². The molecule has 8 heteroatoms. The first-order valence-electron chi connectivity index (χ1n) is 11.5. The highest BCUT2D eigenvalue weighted by molar-refractivity contribution is 5.87. The average molecular weight is 451 g/mol. The summed E-state index contributed by atoms with van der Waals surface area (Å²) in [6, 6.07) is 13.5. The SMILES string of the molecule is N[C@@H](Cc1c(Cc2ccc3c(c2)OCO3)[nH]c2ccccc12)C(=O)NCCN1CCOCC1. The number of carbonyl (C=O) groups is 1. The minimum Gasteiger partial charge on any atom is -0.454 e. The highest BCUT2D eigenvalue weighted by Crippen LogP contribution is 2.34. The van der Waals surface area contributed by atoms with Gasteiger partial charge in [-0.1, -0.05) is 24.3 Å². The van der Waals surface area contributed by atoms with Crippen molar-refractivity contribution in [3.63, 3.8) is 0 Å². The summed E-state index contributed by atoms with van der Waals surface area (Å²) in [6.07, 6.45) is 1.15. The van der Waals surface area contributed by atoms with Gasteiger partial charge in [-0.2, -0.15) is 0 Å². The van der Waals surface area contributed by atoms with E-state index in [1.165, 1.54) is 0 Å². The number of nitrogens with one attached hydrogen (secondary N) is 2. The third-order valence-corrected chi connectivity index (χ3v) is 6.31. The van der Waals surface area contributed by atoms with Crippen molar-refractivity contribution in [2.75, 3.05) is 46.2 Å². The van der Waals surface area contributed by atoms with Crippen molar-refractivity contribution in [1.82, 2.24) is 15.2 Å². The molecule has 0 unspecified atom stereocenters. The number of aromatic amines is 1. The molecule has 2 aromatic carbocycles. The molecule has 0 radical (unpaired) electrons. The standard InChI is InChI=1S/C25H30N4O4/c26-20(25(30)27-7-8-29-9-11-31-12-10-29)15-19-18-3-1-2-4-21(18)28-22(19)13-17-5-6-23-24(14-17)33-16-32-23/h1-6,14,20,28H,7-13,15-16,26H2,(H,27,30)/t20-/m0/s1. The van der Waals surface area contributed by atoms with Crippen molar-refractivity contribution in [3.8, 4) is 11.5 Å². The highest BCUT2D eigenvalue weighted by atomic mass is 16.7. The highest BCUT2D eigenvalue weighted by Gasteiger charge is 2.21. The molecule has 2 aliphatic heterocycles.